The number of carbonyl (C=O) groups is 2. The number of aliphatic carboxylic acids is 1. The van der Waals surface area contributed by atoms with Crippen LogP contribution in [-0.4, -0.2) is 28.4 Å². The number of benzene rings is 3. The van der Waals surface area contributed by atoms with E-state index in [9.17, 15) is 20.0 Å². The lowest BCUT2D eigenvalue weighted by molar-refractivity contribution is -0.139. The molecule has 7 nitrogen and oxygen atoms in total. The number of aromatic nitrogens is 1. The van der Waals surface area contributed by atoms with Crippen molar-refractivity contribution in [2.24, 2.45) is 0 Å². The fraction of sp³-hybridized carbons (Fsp3) is 0.188. The fourth-order valence-corrected chi connectivity index (χ4v) is 4.59. The van der Waals surface area contributed by atoms with Gasteiger partial charge in [0.1, 0.15) is 23.3 Å². The lowest BCUT2D eigenvalue weighted by atomic mass is 9.91. The number of carboxylic acids is 1. The Morgan fingerprint density at radius 1 is 1.05 bits per heavy atom. The van der Waals surface area contributed by atoms with Gasteiger partial charge in [-0.15, -0.1) is 0 Å². The molecule has 0 amide bonds. The van der Waals surface area contributed by atoms with Crippen LogP contribution in [0.15, 0.2) is 72.8 Å². The van der Waals surface area contributed by atoms with E-state index in [1.807, 2.05) is 24.3 Å². The highest BCUT2D eigenvalue weighted by molar-refractivity contribution is 5.97. The summed E-state index contributed by atoms with van der Waals surface area (Å²) < 4.78 is 11.6. The van der Waals surface area contributed by atoms with Gasteiger partial charge in [-0.1, -0.05) is 18.2 Å². The van der Waals surface area contributed by atoms with Crippen LogP contribution in [0, 0.1) is 25.2 Å². The van der Waals surface area contributed by atoms with Gasteiger partial charge in [0.15, 0.2) is 5.78 Å². The topological polar surface area (TPSA) is 110 Å². The van der Waals surface area contributed by atoms with Crippen LogP contribution < -0.4 is 9.47 Å². The molecule has 0 bridgehead atoms. The average Bonchev–Trinajstić information content (AvgIpc) is 2.94. The Kier molecular flexibility index (Phi) is 7.11. The summed E-state index contributed by atoms with van der Waals surface area (Å²) in [6.07, 6.45) is 0.499. The first kappa shape index (κ1) is 25.7. The third-order valence-corrected chi connectivity index (χ3v) is 6.93. The molecule has 7 heteroatoms. The average molecular weight is 519 g/mol. The zero-order valence-electron chi connectivity index (χ0n) is 21.6. The number of nitrogens with zero attached hydrogens (tertiary/aromatic N) is 2. The van der Waals surface area contributed by atoms with Crippen molar-refractivity contribution in [2.75, 3.05) is 6.61 Å². The number of fused-ring (bicyclic) bond motifs is 1. The van der Waals surface area contributed by atoms with Crippen LogP contribution in [0.2, 0.25) is 0 Å². The Labute approximate surface area is 226 Å². The third-order valence-electron chi connectivity index (χ3n) is 6.93. The highest BCUT2D eigenvalue weighted by atomic mass is 16.5. The molecular formula is C32H26N2O5. The molecule has 194 valence electrons. The molecule has 1 aliphatic heterocycles. The largest absolute Gasteiger partial charge is 0.493 e. The Morgan fingerprint density at radius 2 is 1.85 bits per heavy atom. The molecule has 0 saturated carbocycles. The number of carbonyl (C=O) groups excluding carboxylic acids is 1. The molecule has 0 spiro atoms. The Bertz CT molecular complexity index is 1620. The fourth-order valence-electron chi connectivity index (χ4n) is 4.59. The minimum absolute atomic E-state index is 0.0779. The van der Waals surface area contributed by atoms with Crippen LogP contribution >= 0.6 is 0 Å². The second-order valence-corrected chi connectivity index (χ2v) is 9.57. The summed E-state index contributed by atoms with van der Waals surface area (Å²) in [4.78, 5) is 29.3. The van der Waals surface area contributed by atoms with E-state index < -0.39 is 11.9 Å². The van der Waals surface area contributed by atoms with Crippen molar-refractivity contribution >= 4 is 11.8 Å². The first-order valence-corrected chi connectivity index (χ1v) is 12.6. The molecule has 3 aromatic carbocycles. The number of rotatable bonds is 7. The van der Waals surface area contributed by atoms with Gasteiger partial charge in [0.25, 0.3) is 0 Å². The maximum Gasteiger partial charge on any atom is 0.311 e. The summed E-state index contributed by atoms with van der Waals surface area (Å²) in [6, 6.07) is 23.7. The number of nitriles is 1. The Morgan fingerprint density at radius 3 is 2.56 bits per heavy atom. The Balaban J connectivity index is 1.31. The van der Waals surface area contributed by atoms with Crippen LogP contribution in [0.25, 0.3) is 11.3 Å². The van der Waals surface area contributed by atoms with Gasteiger partial charge in [0.2, 0.25) is 0 Å². The number of aryl methyl sites for hydroxylation is 2. The molecular weight excluding hydrogens is 492 g/mol. The number of carboxylic acid groups (broad SMARTS) is 1. The molecule has 1 aromatic heterocycles. The van der Waals surface area contributed by atoms with E-state index in [-0.39, 0.29) is 30.1 Å². The van der Waals surface area contributed by atoms with Crippen LogP contribution in [0.4, 0.5) is 0 Å². The lowest BCUT2D eigenvalue weighted by Crippen LogP contribution is -2.21. The summed E-state index contributed by atoms with van der Waals surface area (Å²) in [6.45, 7) is 4.40. The number of hydrogen-bond donors (Lipinski definition) is 1. The van der Waals surface area contributed by atoms with Crippen molar-refractivity contribution in [2.45, 2.75) is 32.6 Å². The van der Waals surface area contributed by atoms with E-state index in [1.54, 1.807) is 30.3 Å². The van der Waals surface area contributed by atoms with Gasteiger partial charge in [-0.2, -0.15) is 5.26 Å². The maximum absolute atomic E-state index is 13.0. The van der Waals surface area contributed by atoms with Crippen LogP contribution in [0.3, 0.4) is 0 Å². The monoisotopic (exact) mass is 518 g/mol. The second kappa shape index (κ2) is 10.8. The third kappa shape index (κ3) is 5.51. The van der Waals surface area contributed by atoms with Crippen LogP contribution in [0.1, 0.15) is 50.6 Å². The van der Waals surface area contributed by atoms with E-state index in [2.05, 4.69) is 32.0 Å². The predicted molar refractivity (Wildman–Crippen MR) is 145 cm³/mol. The molecule has 5 rings (SSSR count). The molecule has 1 N–H and O–H groups in total. The molecule has 1 aliphatic rings. The lowest BCUT2D eigenvalue weighted by Gasteiger charge is -2.24. The molecule has 1 unspecified atom stereocenters. The minimum atomic E-state index is -0.954. The standard InChI is InChI=1S/C32H26N2O5/c1-19-6-7-22(14-20(19)2)28-5-3-4-24(34-28)16-29(35)21-8-10-25(11-9-21)39-30-17-31-27(15-23(30)18-33)26(32(36)37)12-13-38-31/h3-11,14-15,17,26H,12-13,16H2,1-2H3,(H,36,37). The predicted octanol–water partition coefficient (Wildman–Crippen LogP) is 6.41. The van der Waals surface area contributed by atoms with Gasteiger partial charge in [-0.05, 0) is 79.9 Å². The van der Waals surface area contributed by atoms with E-state index in [4.69, 9.17) is 14.5 Å². The molecule has 39 heavy (non-hydrogen) atoms. The summed E-state index contributed by atoms with van der Waals surface area (Å²) in [7, 11) is 0. The highest BCUT2D eigenvalue weighted by Gasteiger charge is 2.29. The van der Waals surface area contributed by atoms with Gasteiger partial charge < -0.3 is 14.6 Å². The Hall–Kier alpha value is -4.96. The number of hydrogen-bond acceptors (Lipinski definition) is 6. The molecule has 4 aromatic rings. The minimum Gasteiger partial charge on any atom is -0.493 e. The number of ketones is 1. The van der Waals surface area contributed by atoms with Gasteiger partial charge in [0.05, 0.1) is 30.2 Å². The van der Waals surface area contributed by atoms with Gasteiger partial charge in [-0.25, -0.2) is 0 Å². The molecule has 1 atom stereocenters. The summed E-state index contributed by atoms with van der Waals surface area (Å²) in [5.74, 6) is -0.672. The van der Waals surface area contributed by atoms with Crippen LogP contribution in [0.5, 0.6) is 17.2 Å². The summed E-state index contributed by atoms with van der Waals surface area (Å²) in [5.41, 5.74) is 6.11. The van der Waals surface area contributed by atoms with Crippen molar-refractivity contribution in [1.29, 1.82) is 5.26 Å². The molecule has 0 saturated heterocycles. The van der Waals surface area contributed by atoms with E-state index in [0.717, 1.165) is 11.3 Å². The number of Topliss-reactive ketones (excluding diaryl/α,β-unsaturated/α-hetero) is 1. The molecule has 0 fully saturated rings. The SMILES string of the molecule is Cc1ccc(-c2cccc(CC(=O)c3ccc(Oc4cc5c(cc4C#N)C(C(=O)O)CCO5)cc3)n2)cc1C. The number of pyridine rings is 1. The number of ether oxygens (including phenoxy) is 2. The molecule has 0 radical (unpaired) electrons. The summed E-state index contributed by atoms with van der Waals surface area (Å²) >= 11 is 0. The van der Waals surface area contributed by atoms with E-state index in [1.165, 1.54) is 17.2 Å². The van der Waals surface area contributed by atoms with Crippen LogP contribution in [-0.2, 0) is 11.2 Å². The van der Waals surface area contributed by atoms with Gasteiger partial charge >= 0.3 is 5.97 Å². The molecule has 2 heterocycles. The van der Waals surface area contributed by atoms with Crippen molar-refractivity contribution in [1.82, 2.24) is 4.98 Å². The van der Waals surface area contributed by atoms with Gasteiger partial charge in [0, 0.05) is 28.5 Å². The van der Waals surface area contributed by atoms with Crippen molar-refractivity contribution < 1.29 is 24.2 Å². The molecule has 0 aliphatic carbocycles. The van der Waals surface area contributed by atoms with E-state index in [0.29, 0.717) is 34.7 Å². The zero-order chi connectivity index (χ0) is 27.5. The zero-order valence-corrected chi connectivity index (χ0v) is 21.6. The van der Waals surface area contributed by atoms with Crippen molar-refractivity contribution in [3.8, 4) is 34.6 Å². The normalized spacial score (nSPS) is 14.0. The quantitative estimate of drug-likeness (QED) is 0.282. The first-order chi connectivity index (χ1) is 18.8. The highest BCUT2D eigenvalue weighted by Crippen LogP contribution is 2.39. The van der Waals surface area contributed by atoms with E-state index >= 15 is 0 Å². The smallest absolute Gasteiger partial charge is 0.311 e. The maximum atomic E-state index is 13.0. The van der Waals surface area contributed by atoms with Crippen molar-refractivity contribution in [3.05, 3.63) is 106 Å². The first-order valence-electron chi connectivity index (χ1n) is 12.6. The van der Waals surface area contributed by atoms with Gasteiger partial charge in [-0.3, -0.25) is 14.6 Å². The van der Waals surface area contributed by atoms with Crippen molar-refractivity contribution in [3.63, 3.8) is 0 Å². The second-order valence-electron chi connectivity index (χ2n) is 9.57. The summed E-state index contributed by atoms with van der Waals surface area (Å²) in [5, 5.41) is 19.1.